The summed E-state index contributed by atoms with van der Waals surface area (Å²) in [5, 5.41) is 2.71. The number of rotatable bonds is 7. The molecule has 7 heteroatoms. The normalized spacial score (nSPS) is 15.3. The van der Waals surface area contributed by atoms with E-state index in [-0.39, 0.29) is 37.1 Å². The summed E-state index contributed by atoms with van der Waals surface area (Å²) >= 11 is 0. The average molecular weight is 360 g/mol. The van der Waals surface area contributed by atoms with E-state index < -0.39 is 12.1 Å². The summed E-state index contributed by atoms with van der Waals surface area (Å²) in [5.74, 6) is -0.991. The van der Waals surface area contributed by atoms with Crippen molar-refractivity contribution in [3.8, 4) is 0 Å². The van der Waals surface area contributed by atoms with Crippen LogP contribution in [0.4, 0.5) is 0 Å². The van der Waals surface area contributed by atoms with Gasteiger partial charge in [0.1, 0.15) is 0 Å². The highest BCUT2D eigenvalue weighted by Gasteiger charge is 2.28. The lowest BCUT2D eigenvalue weighted by Crippen LogP contribution is -2.37. The van der Waals surface area contributed by atoms with E-state index in [9.17, 15) is 19.2 Å². The molecular weight excluding hydrogens is 336 g/mol. The van der Waals surface area contributed by atoms with Gasteiger partial charge in [-0.25, -0.2) is 4.79 Å². The van der Waals surface area contributed by atoms with Crippen LogP contribution in [0.25, 0.3) is 0 Å². The van der Waals surface area contributed by atoms with Crippen molar-refractivity contribution in [2.45, 2.75) is 46.3 Å². The molecule has 0 radical (unpaired) electrons. The summed E-state index contributed by atoms with van der Waals surface area (Å²) in [6.45, 7) is 6.18. The van der Waals surface area contributed by atoms with Crippen molar-refractivity contribution in [2.75, 3.05) is 6.54 Å². The van der Waals surface area contributed by atoms with Gasteiger partial charge < -0.3 is 10.1 Å². The topological polar surface area (TPSA) is 92.8 Å². The summed E-state index contributed by atoms with van der Waals surface area (Å²) in [4.78, 5) is 48.5. The van der Waals surface area contributed by atoms with Gasteiger partial charge in [-0.1, -0.05) is 26.0 Å². The van der Waals surface area contributed by atoms with Gasteiger partial charge in [0.25, 0.3) is 5.91 Å². The molecular formula is C19H24N2O5. The molecule has 1 unspecified atom stereocenters. The molecule has 1 aromatic carbocycles. The summed E-state index contributed by atoms with van der Waals surface area (Å²) in [6.07, 6.45) is -0.388. The van der Waals surface area contributed by atoms with E-state index in [4.69, 9.17) is 4.74 Å². The molecule has 1 aromatic rings. The van der Waals surface area contributed by atoms with E-state index in [1.54, 1.807) is 24.3 Å². The van der Waals surface area contributed by atoms with Crippen molar-refractivity contribution in [2.24, 2.45) is 5.92 Å². The Bertz CT molecular complexity index is 680. The summed E-state index contributed by atoms with van der Waals surface area (Å²) in [6, 6.07) is 6.45. The van der Waals surface area contributed by atoms with Crippen LogP contribution in [0.2, 0.25) is 0 Å². The number of hydrogen-bond acceptors (Lipinski definition) is 5. The number of esters is 1. The number of nitrogens with zero attached hydrogens (tertiary/aromatic N) is 1. The number of carbonyl (C=O) groups is 4. The molecule has 1 saturated heterocycles. The highest BCUT2D eigenvalue weighted by atomic mass is 16.5. The number of nitrogens with one attached hydrogen (secondary N) is 1. The minimum atomic E-state index is -0.888. The van der Waals surface area contributed by atoms with Crippen LogP contribution < -0.4 is 5.32 Å². The molecule has 2 rings (SSSR count). The molecule has 0 aliphatic carbocycles. The van der Waals surface area contributed by atoms with Gasteiger partial charge in [0.05, 0.1) is 12.1 Å². The van der Waals surface area contributed by atoms with Crippen LogP contribution in [-0.2, 0) is 25.7 Å². The van der Waals surface area contributed by atoms with E-state index in [1.807, 2.05) is 13.8 Å². The smallest absolute Gasteiger partial charge is 0.338 e. The average Bonchev–Trinajstić information content (AvgIpc) is 2.92. The summed E-state index contributed by atoms with van der Waals surface area (Å²) < 4.78 is 5.17. The van der Waals surface area contributed by atoms with Gasteiger partial charge in [0.2, 0.25) is 11.8 Å². The van der Waals surface area contributed by atoms with Gasteiger partial charge in [-0.05, 0) is 30.5 Å². The molecule has 0 saturated carbocycles. The monoisotopic (exact) mass is 360 g/mol. The molecule has 1 atom stereocenters. The molecule has 140 valence electrons. The van der Waals surface area contributed by atoms with Gasteiger partial charge in [-0.15, -0.1) is 0 Å². The fourth-order valence-corrected chi connectivity index (χ4v) is 2.46. The predicted molar refractivity (Wildman–Crippen MR) is 94.0 cm³/mol. The van der Waals surface area contributed by atoms with Crippen molar-refractivity contribution < 1.29 is 23.9 Å². The number of amides is 3. The van der Waals surface area contributed by atoms with Gasteiger partial charge >= 0.3 is 5.97 Å². The number of ether oxygens (including phenoxy) is 1. The largest absolute Gasteiger partial charge is 0.449 e. The molecule has 1 N–H and O–H groups in total. The predicted octanol–water partition coefficient (Wildman–Crippen LogP) is 1.65. The Kier molecular flexibility index (Phi) is 6.49. The Morgan fingerprint density at radius 1 is 1.08 bits per heavy atom. The fourth-order valence-electron chi connectivity index (χ4n) is 2.46. The number of imide groups is 1. The Morgan fingerprint density at radius 2 is 1.65 bits per heavy atom. The maximum Gasteiger partial charge on any atom is 0.338 e. The molecule has 1 heterocycles. The van der Waals surface area contributed by atoms with Crippen LogP contribution in [0.3, 0.4) is 0 Å². The van der Waals surface area contributed by atoms with Crippen molar-refractivity contribution in [3.63, 3.8) is 0 Å². The second-order valence-electron chi connectivity index (χ2n) is 6.76. The van der Waals surface area contributed by atoms with Crippen LogP contribution >= 0.6 is 0 Å². The fraction of sp³-hybridized carbons (Fsp3) is 0.474. The molecule has 1 fully saturated rings. The lowest BCUT2D eigenvalue weighted by Gasteiger charge is -2.15. The standard InChI is InChI=1S/C19H24N2O5/c1-12(2)10-20-18(24)13(3)26-19(25)15-6-4-14(5-7-15)11-21-16(22)8-9-17(21)23/h4-7,12-13H,8-11H2,1-3H3,(H,20,24). The second-order valence-corrected chi connectivity index (χ2v) is 6.76. The van der Waals surface area contributed by atoms with Gasteiger partial charge in [0, 0.05) is 19.4 Å². The molecule has 0 aromatic heterocycles. The SMILES string of the molecule is CC(C)CNC(=O)C(C)OC(=O)c1ccc(CN2C(=O)CCC2=O)cc1. The molecule has 1 aliphatic rings. The third-order valence-electron chi connectivity index (χ3n) is 4.02. The summed E-state index contributed by atoms with van der Waals surface area (Å²) in [5.41, 5.74) is 1.05. The van der Waals surface area contributed by atoms with Crippen LogP contribution in [0.1, 0.15) is 49.5 Å². The Hall–Kier alpha value is -2.70. The quantitative estimate of drug-likeness (QED) is 0.590. The van der Waals surface area contributed by atoms with E-state index in [1.165, 1.54) is 11.8 Å². The van der Waals surface area contributed by atoms with Crippen molar-refractivity contribution in [3.05, 3.63) is 35.4 Å². The zero-order valence-electron chi connectivity index (χ0n) is 15.3. The van der Waals surface area contributed by atoms with Crippen molar-refractivity contribution in [1.82, 2.24) is 10.2 Å². The molecule has 0 spiro atoms. The first kappa shape index (κ1) is 19.6. The maximum atomic E-state index is 12.1. The van der Waals surface area contributed by atoms with Crippen LogP contribution in [-0.4, -0.2) is 41.2 Å². The molecule has 7 nitrogen and oxygen atoms in total. The molecule has 26 heavy (non-hydrogen) atoms. The lowest BCUT2D eigenvalue weighted by molar-refractivity contribution is -0.139. The molecule has 1 aliphatic heterocycles. The minimum absolute atomic E-state index is 0.181. The molecule has 3 amide bonds. The van der Waals surface area contributed by atoms with Crippen LogP contribution in [0.5, 0.6) is 0 Å². The number of hydrogen-bond donors (Lipinski definition) is 1. The van der Waals surface area contributed by atoms with E-state index in [0.29, 0.717) is 18.0 Å². The van der Waals surface area contributed by atoms with Crippen molar-refractivity contribution >= 4 is 23.7 Å². The summed E-state index contributed by atoms with van der Waals surface area (Å²) in [7, 11) is 0. The van der Waals surface area contributed by atoms with Gasteiger partial charge in [-0.3, -0.25) is 19.3 Å². The maximum absolute atomic E-state index is 12.1. The zero-order chi connectivity index (χ0) is 19.3. The number of likely N-dealkylation sites (tertiary alicyclic amines) is 1. The minimum Gasteiger partial charge on any atom is -0.449 e. The van der Waals surface area contributed by atoms with E-state index >= 15 is 0 Å². The third-order valence-corrected chi connectivity index (χ3v) is 4.02. The van der Waals surface area contributed by atoms with Crippen LogP contribution in [0.15, 0.2) is 24.3 Å². The first-order valence-corrected chi connectivity index (χ1v) is 8.68. The van der Waals surface area contributed by atoms with E-state index in [2.05, 4.69) is 5.32 Å². The zero-order valence-corrected chi connectivity index (χ0v) is 15.3. The number of benzene rings is 1. The first-order valence-electron chi connectivity index (χ1n) is 8.68. The van der Waals surface area contributed by atoms with Crippen molar-refractivity contribution in [1.29, 1.82) is 0 Å². The first-order chi connectivity index (χ1) is 12.3. The third kappa shape index (κ3) is 5.15. The highest BCUT2D eigenvalue weighted by Crippen LogP contribution is 2.16. The highest BCUT2D eigenvalue weighted by molar-refractivity contribution is 6.01. The van der Waals surface area contributed by atoms with E-state index in [0.717, 1.165) is 5.56 Å². The lowest BCUT2D eigenvalue weighted by atomic mass is 10.1. The van der Waals surface area contributed by atoms with Gasteiger partial charge in [0.15, 0.2) is 6.10 Å². The Labute approximate surface area is 152 Å². The molecule has 0 bridgehead atoms. The van der Waals surface area contributed by atoms with Gasteiger partial charge in [-0.2, -0.15) is 0 Å². The number of carbonyl (C=O) groups excluding carboxylic acids is 4. The Balaban J connectivity index is 1.91. The second kappa shape index (κ2) is 8.60. The van der Waals surface area contributed by atoms with Crippen LogP contribution in [0, 0.1) is 5.92 Å². The Morgan fingerprint density at radius 3 is 2.19 bits per heavy atom.